The fraction of sp³-hybridized carbons (Fsp3) is 0.182. The van der Waals surface area contributed by atoms with Gasteiger partial charge in [-0.05, 0) is 23.8 Å². The lowest BCUT2D eigenvalue weighted by Gasteiger charge is -2.15. The van der Waals surface area contributed by atoms with Crippen molar-refractivity contribution in [1.29, 1.82) is 0 Å². The van der Waals surface area contributed by atoms with E-state index in [1.165, 1.54) is 12.1 Å². The summed E-state index contributed by atoms with van der Waals surface area (Å²) in [5.41, 5.74) is 0.329. The van der Waals surface area contributed by atoms with Crippen molar-refractivity contribution >= 4 is 27.8 Å². The number of carbonyl (C=O) groups excluding carboxylic acids is 1. The van der Waals surface area contributed by atoms with Crippen molar-refractivity contribution in [2.24, 2.45) is 0 Å². The molecule has 0 N–H and O–H groups in total. The predicted molar refractivity (Wildman–Crippen MR) is 59.2 cm³/mol. The minimum atomic E-state index is -5.88. The maximum absolute atomic E-state index is 12.6. The maximum atomic E-state index is 12.6. The first-order chi connectivity index (χ1) is 8.14. The van der Waals surface area contributed by atoms with Crippen molar-refractivity contribution in [2.75, 3.05) is 0 Å². The largest absolute Gasteiger partial charge is 0.461 e. The Kier molecular flexibility index (Phi) is 4.26. The van der Waals surface area contributed by atoms with Gasteiger partial charge in [0, 0.05) is 4.47 Å². The molecule has 0 heterocycles. The second kappa shape index (κ2) is 5.17. The minimum absolute atomic E-state index is 0.218. The van der Waals surface area contributed by atoms with Crippen LogP contribution in [0.15, 0.2) is 34.8 Å². The molecule has 0 fully saturated rings. The first-order valence-electron chi connectivity index (χ1n) is 4.57. The number of benzene rings is 1. The van der Waals surface area contributed by atoms with Crippen LogP contribution < -0.4 is 0 Å². The molecule has 0 unspecified atom stereocenters. The second-order valence-electron chi connectivity index (χ2n) is 3.32. The average molecular weight is 329 g/mol. The highest BCUT2D eigenvalue weighted by Gasteiger charge is 2.62. The zero-order valence-electron chi connectivity index (χ0n) is 8.64. The van der Waals surface area contributed by atoms with Crippen LogP contribution in [-0.2, 0) is 4.79 Å². The highest BCUT2D eigenvalue weighted by Crippen LogP contribution is 2.36. The Bertz CT molecular complexity index is 479. The highest BCUT2D eigenvalue weighted by molar-refractivity contribution is 9.10. The van der Waals surface area contributed by atoms with Gasteiger partial charge in [0.1, 0.15) is 0 Å². The molecule has 0 aromatic heterocycles. The molecule has 0 radical (unpaired) electrons. The molecule has 18 heavy (non-hydrogen) atoms. The lowest BCUT2D eigenvalue weighted by atomic mass is 10.1. The summed E-state index contributed by atoms with van der Waals surface area (Å²) in [5, 5.41) is 0. The normalized spacial score (nSPS) is 13.0. The maximum Gasteiger partial charge on any atom is 0.461 e. The zero-order valence-corrected chi connectivity index (χ0v) is 10.2. The molecule has 98 valence electrons. The van der Waals surface area contributed by atoms with Crippen molar-refractivity contribution in [3.8, 4) is 0 Å². The monoisotopic (exact) mass is 328 g/mol. The number of hydrogen-bond acceptors (Lipinski definition) is 1. The van der Waals surface area contributed by atoms with Crippen molar-refractivity contribution < 1.29 is 26.7 Å². The van der Waals surface area contributed by atoms with Crippen molar-refractivity contribution in [2.45, 2.75) is 12.1 Å². The van der Waals surface area contributed by atoms with Gasteiger partial charge in [-0.1, -0.05) is 34.1 Å². The molecule has 1 nitrogen and oxygen atoms in total. The third-order valence-corrected chi connectivity index (χ3v) is 2.43. The van der Waals surface area contributed by atoms with Gasteiger partial charge in [-0.25, -0.2) is 0 Å². The number of hydrogen-bond donors (Lipinski definition) is 0. The molecule has 0 amide bonds. The Morgan fingerprint density at radius 2 is 1.78 bits per heavy atom. The van der Waals surface area contributed by atoms with Gasteiger partial charge >= 0.3 is 12.1 Å². The predicted octanol–water partition coefficient (Wildman–Crippen LogP) is 4.23. The van der Waals surface area contributed by atoms with Gasteiger partial charge < -0.3 is 0 Å². The summed E-state index contributed by atoms with van der Waals surface area (Å²) < 4.78 is 61.3. The van der Waals surface area contributed by atoms with Gasteiger partial charge in [-0.3, -0.25) is 4.79 Å². The van der Waals surface area contributed by atoms with E-state index in [4.69, 9.17) is 0 Å². The van der Waals surface area contributed by atoms with Crippen LogP contribution in [0.4, 0.5) is 22.0 Å². The van der Waals surface area contributed by atoms with Crippen LogP contribution >= 0.6 is 15.9 Å². The van der Waals surface area contributed by atoms with E-state index in [1.54, 1.807) is 12.1 Å². The van der Waals surface area contributed by atoms with E-state index in [1.807, 2.05) is 0 Å². The highest BCUT2D eigenvalue weighted by atomic mass is 79.9. The van der Waals surface area contributed by atoms with Crippen molar-refractivity contribution in [1.82, 2.24) is 0 Å². The van der Waals surface area contributed by atoms with Crippen molar-refractivity contribution in [3.63, 3.8) is 0 Å². The molecule has 0 saturated carbocycles. The first kappa shape index (κ1) is 14.8. The molecular weight excluding hydrogens is 323 g/mol. The van der Waals surface area contributed by atoms with E-state index in [0.717, 1.165) is 6.08 Å². The lowest BCUT2D eigenvalue weighted by Crippen LogP contribution is -2.43. The van der Waals surface area contributed by atoms with E-state index in [0.29, 0.717) is 10.0 Å². The van der Waals surface area contributed by atoms with Crippen LogP contribution in [0, 0.1) is 0 Å². The van der Waals surface area contributed by atoms with Gasteiger partial charge in [-0.2, -0.15) is 22.0 Å². The van der Waals surface area contributed by atoms with Crippen LogP contribution in [0.5, 0.6) is 0 Å². The summed E-state index contributed by atoms with van der Waals surface area (Å²) in [6, 6.07) is 6.12. The molecule has 0 aliphatic rings. The van der Waals surface area contributed by atoms with E-state index in [-0.39, 0.29) is 6.08 Å². The van der Waals surface area contributed by atoms with Crippen LogP contribution in [0.25, 0.3) is 6.08 Å². The summed E-state index contributed by atoms with van der Waals surface area (Å²) in [6.45, 7) is 0. The van der Waals surface area contributed by atoms with Crippen LogP contribution in [-0.4, -0.2) is 17.9 Å². The summed E-state index contributed by atoms with van der Waals surface area (Å²) in [4.78, 5) is 10.8. The summed E-state index contributed by atoms with van der Waals surface area (Å²) in [7, 11) is 0. The van der Waals surface area contributed by atoms with E-state index < -0.39 is 17.9 Å². The number of rotatable bonds is 3. The van der Waals surface area contributed by atoms with Crippen molar-refractivity contribution in [3.05, 3.63) is 40.4 Å². The number of ketones is 1. The molecule has 0 saturated heterocycles. The molecule has 1 aromatic carbocycles. The Morgan fingerprint density at radius 1 is 1.17 bits per heavy atom. The Labute approximate surface area is 107 Å². The molecule has 0 aliphatic carbocycles. The average Bonchev–Trinajstić information content (AvgIpc) is 2.24. The number of allylic oxidation sites excluding steroid dienone is 1. The van der Waals surface area contributed by atoms with Gasteiger partial charge in [0.25, 0.3) is 0 Å². The zero-order chi connectivity index (χ0) is 14.0. The fourth-order valence-corrected chi connectivity index (χ4v) is 1.44. The molecule has 0 bridgehead atoms. The SMILES string of the molecule is O=C(C=Cc1cccc(Br)c1)C(F)(F)C(F)(F)F. The minimum Gasteiger partial charge on any atom is -0.288 e. The quantitative estimate of drug-likeness (QED) is 0.599. The first-order valence-corrected chi connectivity index (χ1v) is 5.36. The van der Waals surface area contributed by atoms with Gasteiger partial charge in [-0.15, -0.1) is 0 Å². The molecule has 1 rings (SSSR count). The number of halogens is 6. The Morgan fingerprint density at radius 3 is 2.28 bits per heavy atom. The molecule has 0 aliphatic heterocycles. The second-order valence-corrected chi connectivity index (χ2v) is 4.24. The fourth-order valence-electron chi connectivity index (χ4n) is 1.03. The summed E-state index contributed by atoms with van der Waals surface area (Å²) in [6.07, 6.45) is -4.77. The van der Waals surface area contributed by atoms with Crippen LogP contribution in [0.2, 0.25) is 0 Å². The molecule has 1 aromatic rings. The lowest BCUT2D eigenvalue weighted by molar-refractivity contribution is -0.266. The number of carbonyl (C=O) groups is 1. The molecule has 0 spiro atoms. The molecule has 0 atom stereocenters. The number of alkyl halides is 5. The standard InChI is InChI=1S/C11H6BrF5O/c12-8-3-1-2-7(6-8)4-5-9(18)10(13,14)11(15,16)17/h1-6H. The molecule has 7 heteroatoms. The van der Waals surface area contributed by atoms with Crippen LogP contribution in [0.1, 0.15) is 5.56 Å². The smallest absolute Gasteiger partial charge is 0.288 e. The third kappa shape index (κ3) is 3.38. The summed E-state index contributed by atoms with van der Waals surface area (Å²) >= 11 is 3.09. The van der Waals surface area contributed by atoms with E-state index in [2.05, 4.69) is 15.9 Å². The topological polar surface area (TPSA) is 17.1 Å². The Hall–Kier alpha value is -1.24. The molecular formula is C11H6BrF5O. The van der Waals surface area contributed by atoms with Gasteiger partial charge in [0.2, 0.25) is 5.78 Å². The van der Waals surface area contributed by atoms with Gasteiger partial charge in [0.05, 0.1) is 0 Å². The summed E-state index contributed by atoms with van der Waals surface area (Å²) in [5.74, 6) is -7.66. The van der Waals surface area contributed by atoms with E-state index >= 15 is 0 Å². The van der Waals surface area contributed by atoms with Gasteiger partial charge in [0.15, 0.2) is 0 Å². The van der Waals surface area contributed by atoms with Crippen LogP contribution in [0.3, 0.4) is 0 Å². The Balaban J connectivity index is 2.89. The third-order valence-electron chi connectivity index (χ3n) is 1.94. The van der Waals surface area contributed by atoms with E-state index in [9.17, 15) is 26.7 Å².